The lowest BCUT2D eigenvalue weighted by atomic mass is 10.0. The lowest BCUT2D eigenvalue weighted by Crippen LogP contribution is -2.49. The molecule has 0 aromatic heterocycles. The highest BCUT2D eigenvalue weighted by atomic mass is 31.2. The normalized spacial score (nSPS) is 14.8. The third kappa shape index (κ3) is 21.4. The monoisotopic (exact) mass is 516 g/mol. The van der Waals surface area contributed by atoms with Crippen LogP contribution in [0.1, 0.15) is 129 Å². The number of hydrogen-bond donors (Lipinski definition) is 3. The Bertz CT molecular complexity index is 594. The van der Waals surface area contributed by atoms with Crippen molar-refractivity contribution in [3.63, 3.8) is 0 Å². The van der Waals surface area contributed by atoms with Crippen molar-refractivity contribution in [2.24, 2.45) is 0 Å². The Morgan fingerprint density at radius 3 is 1.31 bits per heavy atom. The number of quaternary nitrogens is 1. The summed E-state index contributed by atoms with van der Waals surface area (Å²) < 4.78 is 12.1. The molecule has 0 aliphatic carbocycles. The van der Waals surface area contributed by atoms with Gasteiger partial charge in [0.05, 0.1) is 21.1 Å². The summed E-state index contributed by atoms with van der Waals surface area (Å²) in [6.45, 7) is 2.28. The molecule has 0 aromatic rings. The number of likely N-dealkylation sites (N-methyl/N-ethyl adjacent to an activating group) is 1. The van der Waals surface area contributed by atoms with E-state index in [1.807, 2.05) is 21.1 Å². The van der Waals surface area contributed by atoms with Crippen molar-refractivity contribution < 1.29 is 23.9 Å². The van der Waals surface area contributed by atoms with Gasteiger partial charge in [0.2, 0.25) is 5.34 Å². The van der Waals surface area contributed by atoms with E-state index in [-0.39, 0.29) is 13.0 Å². The lowest BCUT2D eigenvalue weighted by Gasteiger charge is -2.35. The largest absolute Gasteiger partial charge is 0.373 e. The predicted octanol–water partition coefficient (Wildman–Crippen LogP) is 8.10. The van der Waals surface area contributed by atoms with Gasteiger partial charge in [0.15, 0.2) is 0 Å². The highest BCUT2D eigenvalue weighted by Crippen LogP contribution is 2.52. The van der Waals surface area contributed by atoms with Crippen LogP contribution in [0, 0.1) is 0 Å². The van der Waals surface area contributed by atoms with Gasteiger partial charge in [-0.3, -0.25) is 4.57 Å². The van der Waals surface area contributed by atoms with E-state index in [1.165, 1.54) is 83.5 Å². The van der Waals surface area contributed by atoms with Gasteiger partial charge < -0.3 is 19.4 Å². The topological polar surface area (TPSA) is 77.8 Å². The summed E-state index contributed by atoms with van der Waals surface area (Å²) in [7, 11) is 0.950. The molecule has 0 saturated heterocycles. The Morgan fingerprint density at radius 2 is 0.971 bits per heavy atom. The zero-order valence-electron chi connectivity index (χ0n) is 23.6. The second-order valence-electron chi connectivity index (χ2n) is 11.4. The molecule has 0 saturated carbocycles. The Kier molecular flexibility index (Phi) is 20.3. The van der Waals surface area contributed by atoms with Gasteiger partial charge in [-0.15, -0.1) is 0 Å². The fourth-order valence-corrected chi connectivity index (χ4v) is 5.56. The molecule has 0 spiro atoms. The molecule has 1 atom stereocenters. The minimum atomic E-state index is -4.56. The second kappa shape index (κ2) is 20.6. The molecule has 0 aliphatic rings. The lowest BCUT2D eigenvalue weighted by molar-refractivity contribution is -0.875. The molecule has 1 unspecified atom stereocenters. The first-order valence-corrected chi connectivity index (χ1v) is 16.0. The van der Waals surface area contributed by atoms with E-state index in [4.69, 9.17) is 0 Å². The molecule has 35 heavy (non-hydrogen) atoms. The molecule has 0 bridgehead atoms. The maximum absolute atomic E-state index is 11.8. The fraction of sp³-hybridized carbons (Fsp3) is 0.862. The summed E-state index contributed by atoms with van der Waals surface area (Å²) >= 11 is 0. The molecule has 0 radical (unpaired) electrons. The summed E-state index contributed by atoms with van der Waals surface area (Å²) in [4.78, 5) is 19.2. The standard InChI is InChI=1S/C29H58NO4P/c1-5-6-7-8-9-10-11-12-13-14-15-16-17-18-19-20-21-22-23-24-25-26-27-29(31,35(32,33)34)28-30(2,3)4/h7-8,21-22,31H,5-6,9-20,23-28H2,1-4H3,(H-,32,33,34)/p+1/b8-7-,22-21-. The first kappa shape index (κ1) is 34.6. The molecule has 0 heterocycles. The SMILES string of the molecule is CCC/C=C\CCCCCCCCCCCC/C=C\CCCCCC(O)(C[N+](C)(C)C)P(=O)(O)O. The van der Waals surface area contributed by atoms with Crippen LogP contribution in [0.4, 0.5) is 0 Å². The van der Waals surface area contributed by atoms with Crippen LogP contribution >= 0.6 is 7.60 Å². The maximum Gasteiger partial charge on any atom is 0.362 e. The van der Waals surface area contributed by atoms with Crippen LogP contribution in [0.5, 0.6) is 0 Å². The average molecular weight is 517 g/mol. The van der Waals surface area contributed by atoms with Crippen LogP contribution in [-0.2, 0) is 4.57 Å². The molecule has 208 valence electrons. The van der Waals surface area contributed by atoms with Gasteiger partial charge in [-0.2, -0.15) is 0 Å². The number of nitrogens with zero attached hydrogens (tertiary/aromatic N) is 1. The van der Waals surface area contributed by atoms with E-state index < -0.39 is 12.9 Å². The highest BCUT2D eigenvalue weighted by Gasteiger charge is 2.48. The summed E-state index contributed by atoms with van der Waals surface area (Å²) in [5.74, 6) is 0. The van der Waals surface area contributed by atoms with Gasteiger partial charge in [0, 0.05) is 0 Å². The molecule has 0 aromatic carbocycles. The second-order valence-corrected chi connectivity index (χ2v) is 13.3. The van der Waals surface area contributed by atoms with Crippen LogP contribution in [0.15, 0.2) is 24.3 Å². The van der Waals surface area contributed by atoms with Crippen LogP contribution in [0.3, 0.4) is 0 Å². The summed E-state index contributed by atoms with van der Waals surface area (Å²) in [5.41, 5.74) is 0. The first-order chi connectivity index (χ1) is 16.5. The van der Waals surface area contributed by atoms with Crippen molar-refractivity contribution in [2.45, 2.75) is 134 Å². The van der Waals surface area contributed by atoms with E-state index in [9.17, 15) is 19.5 Å². The van der Waals surface area contributed by atoms with Crippen molar-refractivity contribution in [1.29, 1.82) is 0 Å². The Morgan fingerprint density at radius 1 is 0.629 bits per heavy atom. The minimum Gasteiger partial charge on any atom is -0.373 e. The molecule has 0 fully saturated rings. The van der Waals surface area contributed by atoms with E-state index in [1.54, 1.807) is 0 Å². The molecule has 0 rings (SSSR count). The van der Waals surface area contributed by atoms with Gasteiger partial charge in [-0.05, 0) is 57.8 Å². The van der Waals surface area contributed by atoms with Gasteiger partial charge in [-0.25, -0.2) is 0 Å². The zero-order chi connectivity index (χ0) is 26.5. The van der Waals surface area contributed by atoms with Crippen LogP contribution in [0.2, 0.25) is 0 Å². The van der Waals surface area contributed by atoms with E-state index in [0.717, 1.165) is 25.7 Å². The Balaban J connectivity index is 3.56. The van der Waals surface area contributed by atoms with Crippen LogP contribution in [-0.4, -0.2) is 52.4 Å². The molecule has 6 heteroatoms. The number of allylic oxidation sites excluding steroid dienone is 4. The van der Waals surface area contributed by atoms with Gasteiger partial charge >= 0.3 is 7.60 Å². The molecular formula is C29H59NO4P+. The fourth-order valence-electron chi connectivity index (χ4n) is 4.50. The number of aliphatic hydroxyl groups is 1. The zero-order valence-corrected chi connectivity index (χ0v) is 24.5. The Labute approximate surface area is 217 Å². The average Bonchev–Trinajstić information content (AvgIpc) is 2.75. The third-order valence-electron chi connectivity index (χ3n) is 6.50. The highest BCUT2D eigenvalue weighted by molar-refractivity contribution is 7.53. The maximum atomic E-state index is 11.8. The minimum absolute atomic E-state index is 0.0500. The molecule has 0 aliphatic heterocycles. The number of rotatable bonds is 24. The summed E-state index contributed by atoms with van der Waals surface area (Å²) in [6, 6.07) is 0. The van der Waals surface area contributed by atoms with Crippen molar-refractivity contribution in [2.75, 3.05) is 27.7 Å². The van der Waals surface area contributed by atoms with Crippen LogP contribution < -0.4 is 0 Å². The smallest absolute Gasteiger partial charge is 0.362 e. The van der Waals surface area contributed by atoms with Gasteiger partial charge in [0.1, 0.15) is 6.54 Å². The summed E-state index contributed by atoms with van der Waals surface area (Å²) in [6.07, 6.45) is 31.4. The quantitative estimate of drug-likeness (QED) is 0.0524. The molecule has 0 amide bonds. The van der Waals surface area contributed by atoms with E-state index in [2.05, 4.69) is 31.2 Å². The Hall–Kier alpha value is -0.450. The van der Waals surface area contributed by atoms with Gasteiger partial charge in [-0.1, -0.05) is 95.4 Å². The van der Waals surface area contributed by atoms with Crippen molar-refractivity contribution in [3.8, 4) is 0 Å². The van der Waals surface area contributed by atoms with Gasteiger partial charge in [0.25, 0.3) is 0 Å². The van der Waals surface area contributed by atoms with Crippen molar-refractivity contribution >= 4 is 7.60 Å². The van der Waals surface area contributed by atoms with Crippen molar-refractivity contribution in [1.82, 2.24) is 0 Å². The molecular weight excluding hydrogens is 457 g/mol. The summed E-state index contributed by atoms with van der Waals surface area (Å²) in [5, 5.41) is 8.63. The van der Waals surface area contributed by atoms with Crippen LogP contribution in [0.25, 0.3) is 0 Å². The number of unbranched alkanes of at least 4 members (excludes halogenated alkanes) is 15. The number of hydrogen-bond acceptors (Lipinski definition) is 2. The van der Waals surface area contributed by atoms with E-state index >= 15 is 0 Å². The first-order valence-electron chi connectivity index (χ1n) is 14.4. The van der Waals surface area contributed by atoms with Crippen molar-refractivity contribution in [3.05, 3.63) is 24.3 Å². The molecule has 5 nitrogen and oxygen atoms in total. The van der Waals surface area contributed by atoms with E-state index in [0.29, 0.717) is 10.9 Å². The third-order valence-corrected chi connectivity index (χ3v) is 7.95. The molecule has 3 N–H and O–H groups in total. The predicted molar refractivity (Wildman–Crippen MR) is 152 cm³/mol.